The van der Waals surface area contributed by atoms with Gasteiger partial charge in [0, 0.05) is 18.9 Å². The fourth-order valence-corrected chi connectivity index (χ4v) is 1.98. The van der Waals surface area contributed by atoms with Crippen molar-refractivity contribution in [2.75, 3.05) is 0 Å². The normalized spacial score (nSPS) is 10.7. The summed E-state index contributed by atoms with van der Waals surface area (Å²) in [6.45, 7) is 2.73. The molecule has 0 aliphatic carbocycles. The zero-order valence-corrected chi connectivity index (χ0v) is 11.1. The Hall–Kier alpha value is -2.69. The van der Waals surface area contributed by atoms with E-state index in [1.807, 2.05) is 37.3 Å². The Balaban J connectivity index is 1.88. The molecule has 20 heavy (non-hydrogen) atoms. The molecular formula is C15H14N4O. The average Bonchev–Trinajstić information content (AvgIpc) is 3.17. The third kappa shape index (κ3) is 2.25. The molecule has 0 aliphatic heterocycles. The summed E-state index contributed by atoms with van der Waals surface area (Å²) in [4.78, 5) is 12.3. The van der Waals surface area contributed by atoms with E-state index >= 15 is 0 Å². The topological polar surface area (TPSA) is 52.7 Å². The first kappa shape index (κ1) is 12.3. The minimum atomic E-state index is -0.0631. The monoisotopic (exact) mass is 266 g/mol. The Morgan fingerprint density at radius 2 is 1.75 bits per heavy atom. The Bertz CT molecular complexity index is 727. The van der Waals surface area contributed by atoms with Gasteiger partial charge in [-0.1, -0.05) is 18.2 Å². The molecule has 5 nitrogen and oxygen atoms in total. The lowest BCUT2D eigenvalue weighted by molar-refractivity contribution is 0.103. The van der Waals surface area contributed by atoms with Crippen LogP contribution in [0.2, 0.25) is 0 Å². The minimum Gasteiger partial charge on any atom is -0.288 e. The molecule has 0 aliphatic rings. The zero-order chi connectivity index (χ0) is 13.9. The van der Waals surface area contributed by atoms with Crippen molar-refractivity contribution in [3.8, 4) is 5.69 Å². The van der Waals surface area contributed by atoms with Crippen molar-refractivity contribution in [2.24, 2.45) is 0 Å². The Labute approximate surface area is 116 Å². The van der Waals surface area contributed by atoms with Gasteiger partial charge < -0.3 is 0 Å². The maximum absolute atomic E-state index is 12.3. The fourth-order valence-electron chi connectivity index (χ4n) is 1.98. The first-order valence-electron chi connectivity index (χ1n) is 6.45. The van der Waals surface area contributed by atoms with E-state index in [2.05, 4.69) is 10.2 Å². The summed E-state index contributed by atoms with van der Waals surface area (Å²) < 4.78 is 3.42. The second kappa shape index (κ2) is 5.13. The van der Waals surface area contributed by atoms with Crippen LogP contribution in [0.5, 0.6) is 0 Å². The maximum atomic E-state index is 12.3. The lowest BCUT2D eigenvalue weighted by Gasteiger charge is -1.98. The highest BCUT2D eigenvalue weighted by atomic mass is 16.1. The SMILES string of the molecule is CCn1cc(C(=O)c2cnn(-c3ccccc3)c2)cn1. The van der Waals surface area contributed by atoms with Gasteiger partial charge in [0.15, 0.2) is 5.78 Å². The van der Waals surface area contributed by atoms with Gasteiger partial charge in [-0.3, -0.25) is 9.48 Å². The lowest BCUT2D eigenvalue weighted by Crippen LogP contribution is -1.99. The van der Waals surface area contributed by atoms with E-state index in [-0.39, 0.29) is 5.78 Å². The van der Waals surface area contributed by atoms with Crippen LogP contribution >= 0.6 is 0 Å². The molecule has 0 bridgehead atoms. The molecule has 0 fully saturated rings. The van der Waals surface area contributed by atoms with Crippen molar-refractivity contribution in [1.29, 1.82) is 0 Å². The third-order valence-corrected chi connectivity index (χ3v) is 3.08. The number of nitrogens with zero attached hydrogens (tertiary/aromatic N) is 4. The lowest BCUT2D eigenvalue weighted by atomic mass is 10.1. The van der Waals surface area contributed by atoms with Gasteiger partial charge in [0.05, 0.1) is 29.2 Å². The van der Waals surface area contributed by atoms with Gasteiger partial charge in [-0.25, -0.2) is 4.68 Å². The van der Waals surface area contributed by atoms with Gasteiger partial charge in [0.25, 0.3) is 0 Å². The molecule has 1 aromatic carbocycles. The first-order chi connectivity index (χ1) is 9.78. The van der Waals surface area contributed by atoms with E-state index in [9.17, 15) is 4.79 Å². The highest BCUT2D eigenvalue weighted by Crippen LogP contribution is 2.12. The van der Waals surface area contributed by atoms with Crippen molar-refractivity contribution in [3.05, 3.63) is 66.2 Å². The van der Waals surface area contributed by atoms with E-state index in [1.54, 1.807) is 34.2 Å². The molecular weight excluding hydrogens is 252 g/mol. The minimum absolute atomic E-state index is 0.0631. The molecule has 0 saturated heterocycles. The Kier molecular flexibility index (Phi) is 3.16. The quantitative estimate of drug-likeness (QED) is 0.681. The van der Waals surface area contributed by atoms with Crippen LogP contribution in [0.25, 0.3) is 5.69 Å². The summed E-state index contributed by atoms with van der Waals surface area (Å²) in [7, 11) is 0. The first-order valence-corrected chi connectivity index (χ1v) is 6.45. The molecule has 100 valence electrons. The average molecular weight is 266 g/mol. The van der Waals surface area contributed by atoms with Gasteiger partial charge in [-0.05, 0) is 19.1 Å². The molecule has 2 heterocycles. The number of hydrogen-bond acceptors (Lipinski definition) is 3. The molecule has 0 saturated carbocycles. The van der Waals surface area contributed by atoms with Crippen LogP contribution in [0.4, 0.5) is 0 Å². The van der Waals surface area contributed by atoms with Gasteiger partial charge in [0.2, 0.25) is 0 Å². The van der Waals surface area contributed by atoms with E-state index in [4.69, 9.17) is 0 Å². The standard InChI is InChI=1S/C15H14N4O/c1-2-18-10-12(8-16-18)15(20)13-9-17-19(11-13)14-6-4-3-5-7-14/h3-11H,2H2,1H3. The summed E-state index contributed by atoms with van der Waals surface area (Å²) in [6, 6.07) is 9.69. The molecule has 5 heteroatoms. The van der Waals surface area contributed by atoms with E-state index in [0.717, 1.165) is 12.2 Å². The predicted molar refractivity (Wildman–Crippen MR) is 74.9 cm³/mol. The van der Waals surface area contributed by atoms with Crippen molar-refractivity contribution in [3.63, 3.8) is 0 Å². The zero-order valence-electron chi connectivity index (χ0n) is 11.1. The molecule has 3 aromatic rings. The summed E-state index contributed by atoms with van der Waals surface area (Å²) in [5.74, 6) is -0.0631. The van der Waals surface area contributed by atoms with E-state index in [0.29, 0.717) is 11.1 Å². The van der Waals surface area contributed by atoms with Crippen molar-refractivity contribution in [2.45, 2.75) is 13.5 Å². The van der Waals surface area contributed by atoms with Crippen LogP contribution < -0.4 is 0 Å². The van der Waals surface area contributed by atoms with Crippen LogP contribution in [-0.2, 0) is 6.54 Å². The largest absolute Gasteiger partial charge is 0.288 e. The number of carbonyl (C=O) groups is 1. The number of ketones is 1. The van der Waals surface area contributed by atoms with Gasteiger partial charge in [-0.15, -0.1) is 0 Å². The number of carbonyl (C=O) groups excluding carboxylic acids is 1. The van der Waals surface area contributed by atoms with Gasteiger partial charge in [-0.2, -0.15) is 10.2 Å². The highest BCUT2D eigenvalue weighted by molar-refractivity contribution is 6.08. The van der Waals surface area contributed by atoms with Crippen LogP contribution in [0.15, 0.2) is 55.1 Å². The summed E-state index contributed by atoms with van der Waals surface area (Å²) in [5, 5.41) is 8.34. The summed E-state index contributed by atoms with van der Waals surface area (Å²) >= 11 is 0. The molecule has 2 aromatic heterocycles. The molecule has 0 radical (unpaired) electrons. The third-order valence-electron chi connectivity index (χ3n) is 3.08. The highest BCUT2D eigenvalue weighted by Gasteiger charge is 2.13. The molecule has 0 amide bonds. The Morgan fingerprint density at radius 1 is 1.05 bits per heavy atom. The smallest absolute Gasteiger partial charge is 0.199 e. The van der Waals surface area contributed by atoms with Crippen molar-refractivity contribution >= 4 is 5.78 Å². The van der Waals surface area contributed by atoms with E-state index in [1.165, 1.54) is 0 Å². The number of aryl methyl sites for hydroxylation is 1. The van der Waals surface area contributed by atoms with Crippen molar-refractivity contribution in [1.82, 2.24) is 19.6 Å². The fraction of sp³-hybridized carbons (Fsp3) is 0.133. The molecule has 0 N–H and O–H groups in total. The van der Waals surface area contributed by atoms with E-state index < -0.39 is 0 Å². The number of aromatic nitrogens is 4. The Morgan fingerprint density at radius 3 is 2.45 bits per heavy atom. The maximum Gasteiger partial charge on any atom is 0.199 e. The number of rotatable bonds is 4. The van der Waals surface area contributed by atoms with Gasteiger partial charge >= 0.3 is 0 Å². The molecule has 0 unspecified atom stereocenters. The van der Waals surface area contributed by atoms with Crippen molar-refractivity contribution < 1.29 is 4.79 Å². The molecule has 3 rings (SSSR count). The second-order valence-electron chi connectivity index (χ2n) is 4.42. The molecule has 0 atom stereocenters. The van der Waals surface area contributed by atoms with Crippen LogP contribution in [0, 0.1) is 0 Å². The summed E-state index contributed by atoms with van der Waals surface area (Å²) in [5.41, 5.74) is 2.07. The van der Waals surface area contributed by atoms with Gasteiger partial charge in [0.1, 0.15) is 0 Å². The second-order valence-corrected chi connectivity index (χ2v) is 4.42. The number of hydrogen-bond donors (Lipinski definition) is 0. The molecule has 0 spiro atoms. The van der Waals surface area contributed by atoms with Crippen LogP contribution in [-0.4, -0.2) is 25.3 Å². The van der Waals surface area contributed by atoms with Crippen LogP contribution in [0.1, 0.15) is 22.8 Å². The summed E-state index contributed by atoms with van der Waals surface area (Å²) in [6.07, 6.45) is 6.66. The number of para-hydroxylation sites is 1. The number of benzene rings is 1. The van der Waals surface area contributed by atoms with Crippen LogP contribution in [0.3, 0.4) is 0 Å². The predicted octanol–water partition coefficient (Wildman–Crippen LogP) is 2.32.